The van der Waals surface area contributed by atoms with Gasteiger partial charge in [0.15, 0.2) is 0 Å². The van der Waals surface area contributed by atoms with Crippen LogP contribution in [0, 0.1) is 0 Å². The lowest BCUT2D eigenvalue weighted by Gasteiger charge is -2.10. The number of hydrogen-bond acceptors (Lipinski definition) is 3. The van der Waals surface area contributed by atoms with Crippen LogP contribution in [0.4, 0.5) is 11.5 Å². The molecule has 0 amide bonds. The van der Waals surface area contributed by atoms with Crippen molar-refractivity contribution >= 4 is 33.9 Å². The predicted molar refractivity (Wildman–Crippen MR) is 98.7 cm³/mol. The number of pyridine rings is 1. The number of nitrogens with one attached hydrogen (secondary N) is 1. The highest BCUT2D eigenvalue weighted by Gasteiger charge is 2.08. The third-order valence-electron chi connectivity index (χ3n) is 3.92. The van der Waals surface area contributed by atoms with Crippen molar-refractivity contribution in [1.82, 2.24) is 14.8 Å². The number of nitrogens with zero attached hydrogens (tertiary/aromatic N) is 3. The number of halogens is 1. The van der Waals surface area contributed by atoms with Gasteiger partial charge in [0, 0.05) is 30.4 Å². The summed E-state index contributed by atoms with van der Waals surface area (Å²) in [5.74, 6) is 0.756. The molecule has 0 bridgehead atoms. The fraction of sp³-hybridized carbons (Fsp3) is 0.0526. The van der Waals surface area contributed by atoms with Crippen LogP contribution < -0.4 is 5.32 Å². The molecule has 4 aromatic rings. The van der Waals surface area contributed by atoms with E-state index in [4.69, 9.17) is 11.6 Å². The fourth-order valence-electron chi connectivity index (χ4n) is 2.75. The molecule has 0 radical (unpaired) electrons. The molecule has 1 N–H and O–H groups in total. The average Bonchev–Trinajstić information content (AvgIpc) is 3.03. The topological polar surface area (TPSA) is 42.7 Å². The molecule has 0 saturated heterocycles. The van der Waals surface area contributed by atoms with E-state index in [2.05, 4.69) is 27.5 Å². The van der Waals surface area contributed by atoms with Crippen molar-refractivity contribution in [3.63, 3.8) is 0 Å². The highest BCUT2D eigenvalue weighted by atomic mass is 35.5. The second-order valence-corrected chi connectivity index (χ2v) is 6.01. The molecule has 2 aromatic carbocycles. The van der Waals surface area contributed by atoms with Crippen LogP contribution in [-0.4, -0.2) is 14.8 Å². The number of hydrogen-bond donors (Lipinski definition) is 1. The van der Waals surface area contributed by atoms with Crippen LogP contribution in [0.1, 0.15) is 0 Å². The van der Waals surface area contributed by atoms with E-state index in [0.29, 0.717) is 5.02 Å². The van der Waals surface area contributed by atoms with Crippen molar-refractivity contribution < 1.29 is 0 Å². The molecule has 0 aliphatic rings. The molecule has 0 saturated carbocycles. The van der Waals surface area contributed by atoms with Crippen LogP contribution in [0.5, 0.6) is 0 Å². The van der Waals surface area contributed by atoms with Gasteiger partial charge in [-0.3, -0.25) is 4.68 Å². The van der Waals surface area contributed by atoms with E-state index < -0.39 is 0 Å². The molecular weight excluding hydrogens is 320 g/mol. The van der Waals surface area contributed by atoms with Crippen LogP contribution in [-0.2, 0) is 7.05 Å². The van der Waals surface area contributed by atoms with Crippen molar-refractivity contribution in [3.8, 4) is 11.1 Å². The summed E-state index contributed by atoms with van der Waals surface area (Å²) in [5, 5.41) is 10.4. The van der Waals surface area contributed by atoms with E-state index in [1.807, 2.05) is 62.0 Å². The van der Waals surface area contributed by atoms with Crippen molar-refractivity contribution in [2.24, 2.45) is 7.05 Å². The second kappa shape index (κ2) is 5.98. The minimum atomic E-state index is 0.667. The first-order valence-electron chi connectivity index (χ1n) is 7.60. The summed E-state index contributed by atoms with van der Waals surface area (Å²) in [7, 11) is 1.92. The summed E-state index contributed by atoms with van der Waals surface area (Å²) in [5.41, 5.74) is 3.05. The lowest BCUT2D eigenvalue weighted by molar-refractivity contribution is 0.768. The molecule has 0 fully saturated rings. The number of aryl methyl sites for hydroxylation is 1. The van der Waals surface area contributed by atoms with Crippen LogP contribution in [0.2, 0.25) is 5.02 Å². The Morgan fingerprint density at radius 1 is 1.04 bits per heavy atom. The first-order chi connectivity index (χ1) is 11.7. The van der Waals surface area contributed by atoms with Crippen LogP contribution in [0.25, 0.3) is 21.9 Å². The Balaban J connectivity index is 1.81. The third kappa shape index (κ3) is 2.72. The van der Waals surface area contributed by atoms with Gasteiger partial charge in [0.2, 0.25) is 0 Å². The second-order valence-electron chi connectivity index (χ2n) is 5.60. The Bertz CT molecular complexity index is 1020. The molecule has 0 spiro atoms. The minimum Gasteiger partial charge on any atom is -0.339 e. The van der Waals surface area contributed by atoms with E-state index in [1.165, 1.54) is 0 Å². The normalized spacial score (nSPS) is 10.9. The molecule has 0 atom stereocenters. The quantitative estimate of drug-likeness (QED) is 0.571. The molecule has 2 aromatic heterocycles. The van der Waals surface area contributed by atoms with E-state index in [0.717, 1.165) is 33.4 Å². The zero-order valence-corrected chi connectivity index (χ0v) is 13.8. The summed E-state index contributed by atoms with van der Waals surface area (Å²) in [4.78, 5) is 4.49. The number of rotatable bonds is 3. The van der Waals surface area contributed by atoms with Gasteiger partial charge in [-0.1, -0.05) is 41.9 Å². The van der Waals surface area contributed by atoms with Crippen molar-refractivity contribution in [2.75, 3.05) is 5.32 Å². The molecule has 5 heteroatoms. The fourth-order valence-corrected chi connectivity index (χ4v) is 2.93. The van der Waals surface area contributed by atoms with Gasteiger partial charge in [0.05, 0.1) is 16.9 Å². The van der Waals surface area contributed by atoms with Crippen molar-refractivity contribution in [1.29, 1.82) is 0 Å². The monoisotopic (exact) mass is 334 g/mol. The highest BCUT2D eigenvalue weighted by molar-refractivity contribution is 6.33. The Morgan fingerprint density at radius 2 is 1.92 bits per heavy atom. The van der Waals surface area contributed by atoms with Crippen molar-refractivity contribution in [2.45, 2.75) is 0 Å². The largest absolute Gasteiger partial charge is 0.339 e. The maximum atomic E-state index is 6.22. The summed E-state index contributed by atoms with van der Waals surface area (Å²) in [6.07, 6.45) is 5.75. The van der Waals surface area contributed by atoms with Gasteiger partial charge in [-0.15, -0.1) is 0 Å². The standard InChI is InChI=1S/C19H15ClN4/c1-24-12-14(11-22-24)15-6-4-5-13-10-21-19(9-16(13)15)23-18-8-3-2-7-17(18)20/h2-12H,1H3,(H,21,23). The SMILES string of the molecule is Cn1cc(-c2cccc3cnc(Nc4ccccc4Cl)cc23)cn1. The van der Waals surface area contributed by atoms with Crippen LogP contribution in [0.15, 0.2) is 67.1 Å². The molecule has 2 heterocycles. The Morgan fingerprint density at radius 3 is 2.71 bits per heavy atom. The maximum Gasteiger partial charge on any atom is 0.130 e. The zero-order chi connectivity index (χ0) is 16.5. The molecule has 4 rings (SSSR count). The van der Waals surface area contributed by atoms with E-state index in [-0.39, 0.29) is 0 Å². The van der Waals surface area contributed by atoms with Gasteiger partial charge in [0.1, 0.15) is 5.82 Å². The smallest absolute Gasteiger partial charge is 0.130 e. The Hall–Kier alpha value is -2.85. The summed E-state index contributed by atoms with van der Waals surface area (Å²) in [6.45, 7) is 0. The molecule has 24 heavy (non-hydrogen) atoms. The van der Waals surface area contributed by atoms with Crippen LogP contribution >= 0.6 is 11.6 Å². The lowest BCUT2D eigenvalue weighted by Crippen LogP contribution is -1.94. The van der Waals surface area contributed by atoms with E-state index in [1.54, 1.807) is 4.68 Å². The van der Waals surface area contributed by atoms with E-state index >= 15 is 0 Å². The van der Waals surface area contributed by atoms with Gasteiger partial charge in [-0.2, -0.15) is 5.10 Å². The molecule has 4 nitrogen and oxygen atoms in total. The number of para-hydroxylation sites is 1. The first-order valence-corrected chi connectivity index (χ1v) is 7.98. The van der Waals surface area contributed by atoms with Gasteiger partial charge in [-0.25, -0.2) is 4.98 Å². The first kappa shape index (κ1) is 14.7. The molecule has 118 valence electrons. The van der Waals surface area contributed by atoms with E-state index in [9.17, 15) is 0 Å². The highest BCUT2D eigenvalue weighted by Crippen LogP contribution is 2.31. The number of benzene rings is 2. The van der Waals surface area contributed by atoms with Crippen molar-refractivity contribution in [3.05, 3.63) is 72.1 Å². The number of fused-ring (bicyclic) bond motifs is 1. The summed E-state index contributed by atoms with van der Waals surface area (Å²) >= 11 is 6.22. The summed E-state index contributed by atoms with van der Waals surface area (Å²) < 4.78 is 1.80. The average molecular weight is 335 g/mol. The maximum absolute atomic E-state index is 6.22. The molecule has 0 aliphatic heterocycles. The molecule has 0 unspecified atom stereocenters. The summed E-state index contributed by atoms with van der Waals surface area (Å²) in [6, 6.07) is 15.9. The Labute approximate surface area is 144 Å². The minimum absolute atomic E-state index is 0.667. The van der Waals surface area contributed by atoms with Gasteiger partial charge < -0.3 is 5.32 Å². The van der Waals surface area contributed by atoms with Crippen LogP contribution in [0.3, 0.4) is 0 Å². The third-order valence-corrected chi connectivity index (χ3v) is 4.25. The zero-order valence-electron chi connectivity index (χ0n) is 13.1. The molecular formula is C19H15ClN4. The number of aromatic nitrogens is 3. The van der Waals surface area contributed by atoms with Gasteiger partial charge in [0.25, 0.3) is 0 Å². The molecule has 0 aliphatic carbocycles. The lowest BCUT2D eigenvalue weighted by atomic mass is 10.0. The Kier molecular flexibility index (Phi) is 3.67. The number of anilines is 2. The predicted octanol–water partition coefficient (Wildman–Crippen LogP) is 5.03. The van der Waals surface area contributed by atoms with Gasteiger partial charge in [-0.05, 0) is 29.1 Å². The van der Waals surface area contributed by atoms with Gasteiger partial charge >= 0.3 is 0 Å².